The van der Waals surface area contributed by atoms with Gasteiger partial charge in [-0.05, 0) is 65.7 Å². The molecule has 33 heavy (non-hydrogen) atoms. The van der Waals surface area contributed by atoms with E-state index in [2.05, 4.69) is 89.8 Å². The normalized spacial score (nSPS) is 11.2. The van der Waals surface area contributed by atoms with Gasteiger partial charge in [0.25, 0.3) is 0 Å². The summed E-state index contributed by atoms with van der Waals surface area (Å²) >= 11 is 6.10. The van der Waals surface area contributed by atoms with Crippen LogP contribution >= 0.6 is 11.6 Å². The van der Waals surface area contributed by atoms with E-state index in [1.165, 1.54) is 0 Å². The van der Waals surface area contributed by atoms with E-state index < -0.39 is 0 Å². The molecule has 158 valence electrons. The third-order valence-corrected chi connectivity index (χ3v) is 6.17. The van der Waals surface area contributed by atoms with Crippen LogP contribution in [-0.2, 0) is 0 Å². The van der Waals surface area contributed by atoms with Gasteiger partial charge in [-0.3, -0.25) is 0 Å². The highest BCUT2D eigenvalue weighted by Gasteiger charge is 2.15. The molecule has 0 amide bonds. The lowest BCUT2D eigenvalue weighted by atomic mass is 10.0. The second-order valence-corrected chi connectivity index (χ2v) is 8.44. The first-order valence-corrected chi connectivity index (χ1v) is 11.3. The largest absolute Gasteiger partial charge is 0.456 e. The van der Waals surface area contributed by atoms with Crippen molar-refractivity contribution in [3.8, 4) is 11.1 Å². The number of fused-ring (bicyclic) bond motifs is 3. The molecule has 0 bridgehead atoms. The third-order valence-electron chi connectivity index (χ3n) is 5.92. The molecule has 0 radical (unpaired) electrons. The van der Waals surface area contributed by atoms with E-state index in [-0.39, 0.29) is 0 Å². The average molecular weight is 446 g/mol. The van der Waals surface area contributed by atoms with Gasteiger partial charge < -0.3 is 9.32 Å². The lowest BCUT2D eigenvalue weighted by molar-refractivity contribution is 0.669. The first-order valence-electron chi connectivity index (χ1n) is 10.9. The van der Waals surface area contributed by atoms with Gasteiger partial charge in [-0.15, -0.1) is 0 Å². The number of rotatable bonds is 4. The van der Waals surface area contributed by atoms with Crippen LogP contribution in [-0.4, -0.2) is 0 Å². The zero-order valence-corrected chi connectivity index (χ0v) is 18.5. The third kappa shape index (κ3) is 3.65. The molecule has 0 aliphatic carbocycles. The maximum Gasteiger partial charge on any atom is 0.137 e. The van der Waals surface area contributed by atoms with E-state index in [1.54, 1.807) is 0 Å². The van der Waals surface area contributed by atoms with Gasteiger partial charge in [0, 0.05) is 38.9 Å². The summed E-state index contributed by atoms with van der Waals surface area (Å²) in [5.41, 5.74) is 7.24. The molecule has 1 aromatic heterocycles. The standard InChI is InChI=1S/C30H20ClNO/c31-23-15-13-21(14-16-23)22-7-6-10-25(19-22)32(24-8-2-1-3-9-24)26-17-18-28-27-11-4-5-12-29(27)33-30(28)20-26/h1-20H. The molecule has 2 nitrogen and oxygen atoms in total. The van der Waals surface area contributed by atoms with Crippen molar-refractivity contribution in [1.29, 1.82) is 0 Å². The van der Waals surface area contributed by atoms with Crippen LogP contribution < -0.4 is 4.90 Å². The molecule has 0 N–H and O–H groups in total. The van der Waals surface area contributed by atoms with Crippen LogP contribution in [0.1, 0.15) is 0 Å². The number of para-hydroxylation sites is 2. The molecule has 6 aromatic rings. The molecule has 1 heterocycles. The Morgan fingerprint density at radius 3 is 2.03 bits per heavy atom. The smallest absolute Gasteiger partial charge is 0.137 e. The minimum absolute atomic E-state index is 0.736. The highest BCUT2D eigenvalue weighted by molar-refractivity contribution is 6.30. The van der Waals surface area contributed by atoms with Gasteiger partial charge in [0.05, 0.1) is 0 Å². The van der Waals surface area contributed by atoms with Gasteiger partial charge >= 0.3 is 0 Å². The summed E-state index contributed by atoms with van der Waals surface area (Å²) in [6.45, 7) is 0. The van der Waals surface area contributed by atoms with Crippen molar-refractivity contribution in [3.05, 3.63) is 126 Å². The second kappa shape index (κ2) is 8.16. The molecular weight excluding hydrogens is 426 g/mol. The van der Waals surface area contributed by atoms with E-state index >= 15 is 0 Å². The number of furan rings is 1. The van der Waals surface area contributed by atoms with Crippen molar-refractivity contribution < 1.29 is 4.42 Å². The van der Waals surface area contributed by atoms with Crippen LogP contribution in [0.4, 0.5) is 17.1 Å². The van der Waals surface area contributed by atoms with Crippen LogP contribution in [0.2, 0.25) is 5.02 Å². The van der Waals surface area contributed by atoms with Crippen LogP contribution in [0.15, 0.2) is 126 Å². The summed E-state index contributed by atoms with van der Waals surface area (Å²) in [6, 6.07) is 41.5. The molecule has 0 aliphatic rings. The molecule has 0 saturated heterocycles. The second-order valence-electron chi connectivity index (χ2n) is 8.01. The van der Waals surface area contributed by atoms with Crippen molar-refractivity contribution in [2.45, 2.75) is 0 Å². The zero-order valence-electron chi connectivity index (χ0n) is 17.8. The molecule has 0 atom stereocenters. The van der Waals surface area contributed by atoms with Crippen molar-refractivity contribution in [1.82, 2.24) is 0 Å². The molecule has 0 spiro atoms. The number of benzene rings is 5. The number of nitrogens with zero attached hydrogens (tertiary/aromatic N) is 1. The fourth-order valence-corrected chi connectivity index (χ4v) is 4.47. The summed E-state index contributed by atoms with van der Waals surface area (Å²) in [4.78, 5) is 2.26. The molecule has 0 aliphatic heterocycles. The Morgan fingerprint density at radius 2 is 1.18 bits per heavy atom. The lowest BCUT2D eigenvalue weighted by Crippen LogP contribution is -2.09. The van der Waals surface area contributed by atoms with Gasteiger partial charge in [0.1, 0.15) is 11.2 Å². The molecule has 0 fully saturated rings. The van der Waals surface area contributed by atoms with Crippen LogP contribution in [0.25, 0.3) is 33.1 Å². The minimum atomic E-state index is 0.736. The first kappa shape index (κ1) is 19.7. The predicted octanol–water partition coefficient (Wildman–Crippen LogP) is 9.38. The average Bonchev–Trinajstić information content (AvgIpc) is 3.23. The lowest BCUT2D eigenvalue weighted by Gasteiger charge is -2.26. The molecule has 0 saturated carbocycles. The molecule has 6 rings (SSSR count). The van der Waals surface area contributed by atoms with Gasteiger partial charge in [0.15, 0.2) is 0 Å². The van der Waals surface area contributed by atoms with E-state index in [0.29, 0.717) is 0 Å². The van der Waals surface area contributed by atoms with Crippen molar-refractivity contribution >= 4 is 50.6 Å². The minimum Gasteiger partial charge on any atom is -0.456 e. The summed E-state index contributed by atoms with van der Waals surface area (Å²) < 4.78 is 6.18. The Labute approximate surface area is 197 Å². The fourth-order valence-electron chi connectivity index (χ4n) is 4.34. The quantitative estimate of drug-likeness (QED) is 0.268. The maximum absolute atomic E-state index is 6.18. The van der Waals surface area contributed by atoms with Gasteiger partial charge in [-0.1, -0.05) is 72.3 Å². The summed E-state index contributed by atoms with van der Waals surface area (Å²) in [6.07, 6.45) is 0. The first-order chi connectivity index (χ1) is 16.3. The summed E-state index contributed by atoms with van der Waals surface area (Å²) in [5.74, 6) is 0. The van der Waals surface area contributed by atoms with E-state index in [1.807, 2.05) is 36.4 Å². The SMILES string of the molecule is Clc1ccc(-c2cccc(N(c3ccccc3)c3ccc4c(c3)oc3ccccc34)c2)cc1. The van der Waals surface area contributed by atoms with Crippen molar-refractivity contribution in [2.24, 2.45) is 0 Å². The number of anilines is 3. The monoisotopic (exact) mass is 445 g/mol. The summed E-state index contributed by atoms with van der Waals surface area (Å²) in [5, 5.41) is 2.99. The Morgan fingerprint density at radius 1 is 0.485 bits per heavy atom. The number of hydrogen-bond donors (Lipinski definition) is 0. The molecule has 3 heteroatoms. The van der Waals surface area contributed by atoms with Crippen LogP contribution in [0, 0.1) is 0 Å². The highest BCUT2D eigenvalue weighted by Crippen LogP contribution is 2.39. The van der Waals surface area contributed by atoms with E-state index in [0.717, 1.165) is 55.2 Å². The van der Waals surface area contributed by atoms with Gasteiger partial charge in [-0.2, -0.15) is 0 Å². The topological polar surface area (TPSA) is 16.4 Å². The van der Waals surface area contributed by atoms with E-state index in [9.17, 15) is 0 Å². The fraction of sp³-hybridized carbons (Fsp3) is 0. The van der Waals surface area contributed by atoms with E-state index in [4.69, 9.17) is 16.0 Å². The van der Waals surface area contributed by atoms with Crippen molar-refractivity contribution in [2.75, 3.05) is 4.90 Å². The Kier molecular flexibility index (Phi) is 4.86. The predicted molar refractivity (Wildman–Crippen MR) is 139 cm³/mol. The Bertz CT molecular complexity index is 1570. The molecular formula is C30H20ClNO. The van der Waals surface area contributed by atoms with Crippen LogP contribution in [0.5, 0.6) is 0 Å². The zero-order chi connectivity index (χ0) is 22.2. The van der Waals surface area contributed by atoms with Gasteiger partial charge in [0.2, 0.25) is 0 Å². The Hall–Kier alpha value is -4.01. The van der Waals surface area contributed by atoms with Gasteiger partial charge in [-0.25, -0.2) is 0 Å². The number of hydrogen-bond acceptors (Lipinski definition) is 2. The Balaban J connectivity index is 1.51. The van der Waals surface area contributed by atoms with Crippen molar-refractivity contribution in [3.63, 3.8) is 0 Å². The molecule has 5 aromatic carbocycles. The van der Waals surface area contributed by atoms with Crippen LogP contribution in [0.3, 0.4) is 0 Å². The summed E-state index contributed by atoms with van der Waals surface area (Å²) in [7, 11) is 0. The number of halogens is 1. The maximum atomic E-state index is 6.18. The highest BCUT2D eigenvalue weighted by atomic mass is 35.5. The molecule has 0 unspecified atom stereocenters.